The summed E-state index contributed by atoms with van der Waals surface area (Å²) in [5.41, 5.74) is 3.42. The molecule has 1 amide bonds. The van der Waals surface area contributed by atoms with Crippen LogP contribution in [-0.2, 0) is 17.8 Å². The van der Waals surface area contributed by atoms with E-state index in [-0.39, 0.29) is 18.0 Å². The summed E-state index contributed by atoms with van der Waals surface area (Å²) in [6, 6.07) is 25.3. The fourth-order valence-electron chi connectivity index (χ4n) is 4.07. The van der Waals surface area contributed by atoms with Gasteiger partial charge in [0.1, 0.15) is 6.54 Å². The Hall–Kier alpha value is -3.73. The van der Waals surface area contributed by atoms with Gasteiger partial charge in [0.25, 0.3) is 5.56 Å². The van der Waals surface area contributed by atoms with Gasteiger partial charge in [0.15, 0.2) is 0 Å². The number of hydrogen-bond acceptors (Lipinski definition) is 3. The molecule has 5 heteroatoms. The zero-order valence-electron chi connectivity index (χ0n) is 16.5. The van der Waals surface area contributed by atoms with E-state index in [1.54, 1.807) is 11.0 Å². The van der Waals surface area contributed by atoms with E-state index in [1.165, 1.54) is 16.3 Å². The van der Waals surface area contributed by atoms with Crippen molar-refractivity contribution in [3.05, 3.63) is 94.8 Å². The normalized spacial score (nSPS) is 13.3. The second kappa shape index (κ2) is 7.59. The number of amides is 1. The monoisotopic (exact) mass is 395 g/mol. The molecule has 5 nitrogen and oxygen atoms in total. The van der Waals surface area contributed by atoms with Gasteiger partial charge in [0, 0.05) is 23.9 Å². The highest BCUT2D eigenvalue weighted by Gasteiger charge is 2.23. The van der Waals surface area contributed by atoms with Crippen LogP contribution < -0.4 is 10.5 Å². The van der Waals surface area contributed by atoms with Crippen molar-refractivity contribution in [1.29, 1.82) is 0 Å². The van der Waals surface area contributed by atoms with Crippen molar-refractivity contribution >= 4 is 22.4 Å². The Bertz CT molecular complexity index is 1310. The number of aromatic nitrogens is 2. The Morgan fingerprint density at radius 1 is 0.900 bits per heavy atom. The Morgan fingerprint density at radius 2 is 1.70 bits per heavy atom. The first-order valence-corrected chi connectivity index (χ1v) is 10.1. The first kappa shape index (κ1) is 18.3. The lowest BCUT2D eigenvalue weighted by Gasteiger charge is -2.29. The fourth-order valence-corrected chi connectivity index (χ4v) is 4.07. The lowest BCUT2D eigenvalue weighted by molar-refractivity contribution is -0.119. The number of benzene rings is 3. The van der Waals surface area contributed by atoms with E-state index < -0.39 is 0 Å². The van der Waals surface area contributed by atoms with Crippen LogP contribution in [-0.4, -0.2) is 22.2 Å². The quantitative estimate of drug-likeness (QED) is 0.526. The molecule has 0 saturated carbocycles. The summed E-state index contributed by atoms with van der Waals surface area (Å²) in [6.45, 7) is 0.587. The molecular weight excluding hydrogens is 374 g/mol. The zero-order chi connectivity index (χ0) is 20.5. The van der Waals surface area contributed by atoms with Crippen molar-refractivity contribution in [3.63, 3.8) is 0 Å². The SMILES string of the molecule is O=C(Cn1nc(-c2ccc3ccccc3c2)ccc1=O)N1CCCc2ccccc21. The average molecular weight is 395 g/mol. The van der Waals surface area contributed by atoms with Gasteiger partial charge in [-0.3, -0.25) is 9.59 Å². The third-order valence-electron chi connectivity index (χ3n) is 5.61. The maximum Gasteiger partial charge on any atom is 0.267 e. The first-order chi connectivity index (χ1) is 14.7. The predicted molar refractivity (Wildman–Crippen MR) is 119 cm³/mol. The highest BCUT2D eigenvalue weighted by Crippen LogP contribution is 2.27. The van der Waals surface area contributed by atoms with Crippen LogP contribution in [0.1, 0.15) is 12.0 Å². The van der Waals surface area contributed by atoms with Crippen molar-refractivity contribution in [2.75, 3.05) is 11.4 Å². The molecule has 0 saturated heterocycles. The molecule has 1 aliphatic rings. The van der Waals surface area contributed by atoms with Crippen LogP contribution in [0.2, 0.25) is 0 Å². The molecule has 0 fully saturated rings. The predicted octanol–water partition coefficient (Wildman–Crippen LogP) is 4.04. The first-order valence-electron chi connectivity index (χ1n) is 10.1. The maximum absolute atomic E-state index is 13.0. The number of para-hydroxylation sites is 1. The Morgan fingerprint density at radius 3 is 2.60 bits per heavy atom. The second-order valence-electron chi connectivity index (χ2n) is 7.55. The van der Waals surface area contributed by atoms with Crippen molar-refractivity contribution < 1.29 is 4.79 Å². The summed E-state index contributed by atoms with van der Waals surface area (Å²) in [5.74, 6) is -0.118. The van der Waals surface area contributed by atoms with Gasteiger partial charge < -0.3 is 4.90 Å². The third-order valence-corrected chi connectivity index (χ3v) is 5.61. The van der Waals surface area contributed by atoms with Crippen LogP contribution in [0.25, 0.3) is 22.0 Å². The molecular formula is C25H21N3O2. The van der Waals surface area contributed by atoms with Crippen molar-refractivity contribution in [2.45, 2.75) is 19.4 Å². The molecule has 0 bridgehead atoms. The smallest absolute Gasteiger partial charge is 0.267 e. The molecule has 3 aromatic carbocycles. The van der Waals surface area contributed by atoms with E-state index in [2.05, 4.69) is 23.3 Å². The summed E-state index contributed by atoms with van der Waals surface area (Å²) in [7, 11) is 0. The highest BCUT2D eigenvalue weighted by atomic mass is 16.2. The molecule has 4 aromatic rings. The van der Waals surface area contributed by atoms with Crippen LogP contribution in [0.3, 0.4) is 0 Å². The number of aryl methyl sites for hydroxylation is 1. The minimum absolute atomic E-state index is 0.0748. The highest BCUT2D eigenvalue weighted by molar-refractivity contribution is 5.94. The lowest BCUT2D eigenvalue weighted by Crippen LogP contribution is -2.40. The van der Waals surface area contributed by atoms with Gasteiger partial charge in [-0.1, -0.05) is 54.6 Å². The van der Waals surface area contributed by atoms with E-state index in [9.17, 15) is 9.59 Å². The summed E-state index contributed by atoms with van der Waals surface area (Å²) >= 11 is 0. The number of carbonyl (C=O) groups is 1. The fraction of sp³-hybridized carbons (Fsp3) is 0.160. The second-order valence-corrected chi connectivity index (χ2v) is 7.55. The maximum atomic E-state index is 13.0. The third kappa shape index (κ3) is 3.39. The molecule has 0 radical (unpaired) electrons. The van der Waals surface area contributed by atoms with Gasteiger partial charge in [-0.15, -0.1) is 0 Å². The van der Waals surface area contributed by atoms with Gasteiger partial charge in [-0.25, -0.2) is 4.68 Å². The number of anilines is 1. The standard InChI is InChI=1S/C25H21N3O2/c29-24-14-13-22(21-12-11-18-6-1-2-8-20(18)16-21)26-28(24)17-25(30)27-15-5-9-19-7-3-4-10-23(19)27/h1-4,6-8,10-14,16H,5,9,15,17H2. The molecule has 0 spiro atoms. The van der Waals surface area contributed by atoms with E-state index in [1.807, 2.05) is 48.5 Å². The Kier molecular flexibility index (Phi) is 4.64. The van der Waals surface area contributed by atoms with E-state index in [0.717, 1.165) is 34.9 Å². The molecule has 1 aromatic heterocycles. The molecule has 0 atom stereocenters. The molecule has 5 rings (SSSR count). The van der Waals surface area contributed by atoms with Crippen LogP contribution in [0.4, 0.5) is 5.69 Å². The Labute approximate surface area is 174 Å². The molecule has 0 aliphatic carbocycles. The number of hydrogen-bond donors (Lipinski definition) is 0. The summed E-state index contributed by atoms with van der Waals surface area (Å²) < 4.78 is 1.27. The number of carbonyl (C=O) groups excluding carboxylic acids is 1. The van der Waals surface area contributed by atoms with Crippen molar-refractivity contribution in [2.24, 2.45) is 0 Å². The number of fused-ring (bicyclic) bond motifs is 2. The van der Waals surface area contributed by atoms with Gasteiger partial charge in [0.05, 0.1) is 5.69 Å². The summed E-state index contributed by atoms with van der Waals surface area (Å²) in [6.07, 6.45) is 1.89. The topological polar surface area (TPSA) is 55.2 Å². The number of nitrogens with zero attached hydrogens (tertiary/aromatic N) is 3. The van der Waals surface area contributed by atoms with Gasteiger partial charge >= 0.3 is 0 Å². The van der Waals surface area contributed by atoms with Crippen LogP contribution in [0.15, 0.2) is 83.7 Å². The average Bonchev–Trinajstić information content (AvgIpc) is 2.79. The lowest BCUT2D eigenvalue weighted by atomic mass is 10.0. The van der Waals surface area contributed by atoms with Crippen molar-refractivity contribution in [3.8, 4) is 11.3 Å². The Balaban J connectivity index is 1.45. The summed E-state index contributed by atoms with van der Waals surface area (Å²) in [5, 5.41) is 6.75. The van der Waals surface area contributed by atoms with Crippen LogP contribution >= 0.6 is 0 Å². The molecule has 0 unspecified atom stereocenters. The molecule has 30 heavy (non-hydrogen) atoms. The van der Waals surface area contributed by atoms with E-state index in [0.29, 0.717) is 12.2 Å². The van der Waals surface area contributed by atoms with Gasteiger partial charge in [-0.2, -0.15) is 5.10 Å². The minimum Gasteiger partial charge on any atom is -0.311 e. The molecule has 0 N–H and O–H groups in total. The molecule has 1 aliphatic heterocycles. The van der Waals surface area contributed by atoms with Gasteiger partial charge in [-0.05, 0) is 47.4 Å². The largest absolute Gasteiger partial charge is 0.311 e. The van der Waals surface area contributed by atoms with Crippen LogP contribution in [0, 0.1) is 0 Å². The zero-order valence-corrected chi connectivity index (χ0v) is 16.5. The molecule has 148 valence electrons. The molecule has 2 heterocycles. The van der Waals surface area contributed by atoms with E-state index in [4.69, 9.17) is 0 Å². The minimum atomic E-state index is -0.279. The van der Waals surface area contributed by atoms with Gasteiger partial charge in [0.2, 0.25) is 5.91 Å². The number of rotatable bonds is 3. The van der Waals surface area contributed by atoms with Crippen molar-refractivity contribution in [1.82, 2.24) is 9.78 Å². The summed E-state index contributed by atoms with van der Waals surface area (Å²) in [4.78, 5) is 27.2. The van der Waals surface area contributed by atoms with Crippen LogP contribution in [0.5, 0.6) is 0 Å². The van der Waals surface area contributed by atoms with E-state index >= 15 is 0 Å².